The second-order valence-corrected chi connectivity index (χ2v) is 4.36. The predicted molar refractivity (Wildman–Crippen MR) is 72.6 cm³/mol. The Balaban J connectivity index is 2.55. The van der Waals surface area contributed by atoms with Crippen molar-refractivity contribution in [2.75, 3.05) is 7.11 Å². The molecule has 0 fully saturated rings. The van der Waals surface area contributed by atoms with Gasteiger partial charge in [-0.15, -0.1) is 0 Å². The summed E-state index contributed by atoms with van der Waals surface area (Å²) in [4.78, 5) is 14.5. The van der Waals surface area contributed by atoms with Gasteiger partial charge >= 0.3 is 0 Å². The van der Waals surface area contributed by atoms with E-state index in [0.717, 1.165) is 16.9 Å². The van der Waals surface area contributed by atoms with Crippen LogP contribution in [0.4, 0.5) is 5.69 Å². The van der Waals surface area contributed by atoms with Crippen LogP contribution < -0.4 is 4.74 Å². The minimum atomic E-state index is -0.490. The zero-order valence-corrected chi connectivity index (χ0v) is 11.1. The summed E-state index contributed by atoms with van der Waals surface area (Å²) < 4.78 is 5.12. The Morgan fingerprint density at radius 1 is 1.32 bits per heavy atom. The molecule has 5 nitrogen and oxygen atoms in total. The van der Waals surface area contributed by atoms with Crippen LogP contribution >= 0.6 is 11.6 Å². The molecule has 0 aliphatic heterocycles. The van der Waals surface area contributed by atoms with E-state index in [9.17, 15) is 10.1 Å². The van der Waals surface area contributed by atoms with Crippen LogP contribution in [0, 0.1) is 17.0 Å². The lowest BCUT2D eigenvalue weighted by molar-refractivity contribution is -0.384. The van der Waals surface area contributed by atoms with Gasteiger partial charge in [0.2, 0.25) is 0 Å². The lowest BCUT2D eigenvalue weighted by atomic mass is 10.0. The number of aryl methyl sites for hydroxylation is 1. The standard InChI is InChI=1S/C13H11ClN2O3/c1-8-5-10(19-2)3-4-11(8)12-6-9(16(17)18)7-13(14)15-12/h3-7H,1-2H3. The molecule has 1 aromatic carbocycles. The highest BCUT2D eigenvalue weighted by Gasteiger charge is 2.13. The van der Waals surface area contributed by atoms with Crippen LogP contribution in [0.5, 0.6) is 5.75 Å². The fourth-order valence-corrected chi connectivity index (χ4v) is 1.98. The molecule has 2 rings (SSSR count). The Morgan fingerprint density at radius 2 is 2.05 bits per heavy atom. The third-order valence-electron chi connectivity index (χ3n) is 2.70. The van der Waals surface area contributed by atoms with Crippen molar-refractivity contribution in [3.8, 4) is 17.0 Å². The van der Waals surface area contributed by atoms with E-state index in [1.165, 1.54) is 12.1 Å². The minimum Gasteiger partial charge on any atom is -0.497 e. The van der Waals surface area contributed by atoms with Crippen molar-refractivity contribution in [1.82, 2.24) is 4.98 Å². The molecule has 6 heteroatoms. The van der Waals surface area contributed by atoms with Gasteiger partial charge in [-0.25, -0.2) is 4.98 Å². The summed E-state index contributed by atoms with van der Waals surface area (Å²) in [6.07, 6.45) is 0. The molecule has 1 heterocycles. The maximum absolute atomic E-state index is 10.8. The monoisotopic (exact) mass is 278 g/mol. The first-order valence-corrected chi connectivity index (χ1v) is 5.86. The predicted octanol–water partition coefficient (Wildman–Crippen LogP) is 3.63. The summed E-state index contributed by atoms with van der Waals surface area (Å²) in [6.45, 7) is 1.88. The Hall–Kier alpha value is -2.14. The number of nitrogens with zero attached hydrogens (tertiary/aromatic N) is 2. The van der Waals surface area contributed by atoms with Gasteiger partial charge in [-0.05, 0) is 30.7 Å². The van der Waals surface area contributed by atoms with Crippen molar-refractivity contribution < 1.29 is 9.66 Å². The van der Waals surface area contributed by atoms with Gasteiger partial charge in [-0.2, -0.15) is 0 Å². The fourth-order valence-electron chi connectivity index (χ4n) is 1.78. The summed E-state index contributed by atoms with van der Waals surface area (Å²) in [7, 11) is 1.58. The SMILES string of the molecule is COc1ccc(-c2cc([N+](=O)[O-])cc(Cl)n2)c(C)c1. The highest BCUT2D eigenvalue weighted by Crippen LogP contribution is 2.29. The number of aromatic nitrogens is 1. The Morgan fingerprint density at radius 3 is 2.63 bits per heavy atom. The molecule has 0 saturated heterocycles. The Labute approximate surface area is 115 Å². The maximum Gasteiger partial charge on any atom is 0.274 e. The van der Waals surface area contributed by atoms with Crippen LogP contribution in [0.25, 0.3) is 11.3 Å². The molecule has 1 aromatic heterocycles. The van der Waals surface area contributed by atoms with Crippen molar-refractivity contribution in [1.29, 1.82) is 0 Å². The van der Waals surface area contributed by atoms with Gasteiger partial charge in [-0.3, -0.25) is 10.1 Å². The van der Waals surface area contributed by atoms with E-state index in [1.807, 2.05) is 13.0 Å². The highest BCUT2D eigenvalue weighted by atomic mass is 35.5. The van der Waals surface area contributed by atoms with Crippen LogP contribution in [0.3, 0.4) is 0 Å². The van der Waals surface area contributed by atoms with Gasteiger partial charge in [0.15, 0.2) is 0 Å². The number of rotatable bonds is 3. The van der Waals surface area contributed by atoms with Gasteiger partial charge in [0.25, 0.3) is 5.69 Å². The zero-order valence-electron chi connectivity index (χ0n) is 10.4. The summed E-state index contributed by atoms with van der Waals surface area (Å²) in [5, 5.41) is 10.9. The van der Waals surface area contributed by atoms with E-state index in [-0.39, 0.29) is 10.8 Å². The van der Waals surface area contributed by atoms with Crippen LogP contribution in [0.15, 0.2) is 30.3 Å². The van der Waals surface area contributed by atoms with Gasteiger partial charge in [0.1, 0.15) is 10.9 Å². The number of hydrogen-bond acceptors (Lipinski definition) is 4. The van der Waals surface area contributed by atoms with Crippen molar-refractivity contribution >= 4 is 17.3 Å². The first kappa shape index (κ1) is 13.3. The van der Waals surface area contributed by atoms with E-state index in [0.29, 0.717) is 5.69 Å². The molecule has 98 valence electrons. The molecular weight excluding hydrogens is 268 g/mol. The zero-order chi connectivity index (χ0) is 14.0. The lowest BCUT2D eigenvalue weighted by Gasteiger charge is -2.08. The summed E-state index contributed by atoms with van der Waals surface area (Å²) in [5.74, 6) is 0.720. The molecule has 19 heavy (non-hydrogen) atoms. The average Bonchev–Trinajstić information content (AvgIpc) is 2.37. The molecule has 0 aliphatic carbocycles. The quantitative estimate of drug-likeness (QED) is 0.488. The van der Waals surface area contributed by atoms with Crippen LogP contribution in [0.1, 0.15) is 5.56 Å². The van der Waals surface area contributed by atoms with Crippen molar-refractivity contribution in [3.63, 3.8) is 0 Å². The number of nitro groups is 1. The van der Waals surface area contributed by atoms with Gasteiger partial charge in [-0.1, -0.05) is 11.6 Å². The minimum absolute atomic E-state index is 0.0785. The Kier molecular flexibility index (Phi) is 3.66. The molecule has 0 unspecified atom stereocenters. The second kappa shape index (κ2) is 5.24. The summed E-state index contributed by atoms with van der Waals surface area (Å²) in [6, 6.07) is 8.04. The molecule has 0 spiro atoms. The highest BCUT2D eigenvalue weighted by molar-refractivity contribution is 6.29. The molecule has 0 radical (unpaired) electrons. The van der Waals surface area contributed by atoms with Gasteiger partial charge < -0.3 is 4.74 Å². The number of hydrogen-bond donors (Lipinski definition) is 0. The lowest BCUT2D eigenvalue weighted by Crippen LogP contribution is -1.94. The third kappa shape index (κ3) is 2.82. The molecule has 0 N–H and O–H groups in total. The van der Waals surface area contributed by atoms with Crippen LogP contribution in [0.2, 0.25) is 5.15 Å². The first-order valence-electron chi connectivity index (χ1n) is 5.48. The van der Waals surface area contributed by atoms with E-state index in [4.69, 9.17) is 16.3 Å². The van der Waals surface area contributed by atoms with E-state index < -0.39 is 4.92 Å². The number of halogens is 1. The van der Waals surface area contributed by atoms with Gasteiger partial charge in [0.05, 0.1) is 23.8 Å². The van der Waals surface area contributed by atoms with Gasteiger partial charge in [0, 0.05) is 11.6 Å². The van der Waals surface area contributed by atoms with Crippen molar-refractivity contribution in [3.05, 3.63) is 51.2 Å². The molecule has 0 saturated carbocycles. The summed E-state index contributed by atoms with van der Waals surface area (Å²) in [5.41, 5.74) is 2.08. The maximum atomic E-state index is 10.8. The average molecular weight is 279 g/mol. The van der Waals surface area contributed by atoms with Crippen molar-refractivity contribution in [2.24, 2.45) is 0 Å². The fraction of sp³-hybridized carbons (Fsp3) is 0.154. The second-order valence-electron chi connectivity index (χ2n) is 3.97. The summed E-state index contributed by atoms with van der Waals surface area (Å²) >= 11 is 5.81. The van der Waals surface area contributed by atoms with Crippen molar-refractivity contribution in [2.45, 2.75) is 6.92 Å². The number of benzene rings is 1. The smallest absolute Gasteiger partial charge is 0.274 e. The largest absolute Gasteiger partial charge is 0.497 e. The van der Waals surface area contributed by atoms with E-state index >= 15 is 0 Å². The third-order valence-corrected chi connectivity index (χ3v) is 2.89. The van der Waals surface area contributed by atoms with Crippen LogP contribution in [-0.4, -0.2) is 17.0 Å². The normalized spacial score (nSPS) is 10.3. The Bertz CT molecular complexity index is 644. The van der Waals surface area contributed by atoms with Crippen LogP contribution in [-0.2, 0) is 0 Å². The number of ether oxygens (including phenoxy) is 1. The van der Waals surface area contributed by atoms with E-state index in [1.54, 1.807) is 19.2 Å². The number of methoxy groups -OCH3 is 1. The topological polar surface area (TPSA) is 65.3 Å². The molecule has 0 aliphatic rings. The molecule has 0 amide bonds. The molecular formula is C13H11ClN2O3. The molecule has 0 atom stereocenters. The first-order chi connectivity index (χ1) is 9.01. The number of pyridine rings is 1. The molecule has 0 bridgehead atoms. The van der Waals surface area contributed by atoms with E-state index in [2.05, 4.69) is 4.98 Å². The molecule has 2 aromatic rings.